The highest BCUT2D eigenvalue weighted by Gasteiger charge is 2.35. The molecule has 3 aromatic carbocycles. The van der Waals surface area contributed by atoms with Gasteiger partial charge in [-0.1, -0.05) is 54.6 Å². The van der Waals surface area contributed by atoms with Crippen LogP contribution in [-0.2, 0) is 29.1 Å². The summed E-state index contributed by atoms with van der Waals surface area (Å²) in [6, 6.07) is 22.7. The van der Waals surface area contributed by atoms with Crippen LogP contribution < -0.4 is 5.32 Å². The van der Waals surface area contributed by atoms with Crippen LogP contribution in [-0.4, -0.2) is 22.9 Å². The van der Waals surface area contributed by atoms with Crippen molar-refractivity contribution in [2.24, 2.45) is 0 Å². The third kappa shape index (κ3) is 5.07. The number of halogens is 1. The maximum atomic E-state index is 13.2. The summed E-state index contributed by atoms with van der Waals surface area (Å²) in [6.45, 7) is 2.47. The second-order valence-electron chi connectivity index (χ2n) is 7.61. The van der Waals surface area contributed by atoms with Gasteiger partial charge in [0.25, 0.3) is 0 Å². The van der Waals surface area contributed by atoms with Crippen LogP contribution in [0, 0.1) is 10.5 Å². The van der Waals surface area contributed by atoms with Gasteiger partial charge < -0.3 is 10.1 Å². The van der Waals surface area contributed by atoms with Gasteiger partial charge >= 0.3 is 6.09 Å². The molecule has 3 aromatic rings. The Labute approximate surface area is 195 Å². The zero-order chi connectivity index (χ0) is 21.8. The Morgan fingerprint density at radius 3 is 2.48 bits per heavy atom. The van der Waals surface area contributed by atoms with Crippen LogP contribution in [0.15, 0.2) is 72.8 Å². The van der Waals surface area contributed by atoms with Crippen molar-refractivity contribution >= 4 is 40.3 Å². The van der Waals surface area contributed by atoms with Crippen LogP contribution in [0.25, 0.3) is 0 Å². The molecule has 1 aliphatic heterocycles. The first-order chi connectivity index (χ1) is 15.0. The van der Waals surface area contributed by atoms with E-state index in [0.29, 0.717) is 13.0 Å². The molecule has 0 aromatic heterocycles. The number of fused-ring (bicyclic) bond motifs is 1. The summed E-state index contributed by atoms with van der Waals surface area (Å²) in [4.78, 5) is 27.8. The summed E-state index contributed by atoms with van der Waals surface area (Å²) in [6.07, 6.45) is -0.0379. The molecule has 0 fully saturated rings. The average Bonchev–Trinajstić information content (AvgIpc) is 2.79. The lowest BCUT2D eigenvalue weighted by molar-refractivity contribution is -0.121. The Morgan fingerprint density at radius 2 is 1.74 bits per heavy atom. The zero-order valence-electron chi connectivity index (χ0n) is 17.2. The van der Waals surface area contributed by atoms with Gasteiger partial charge in [-0.15, -0.1) is 0 Å². The van der Waals surface area contributed by atoms with Crippen molar-refractivity contribution in [3.63, 3.8) is 0 Å². The van der Waals surface area contributed by atoms with E-state index in [1.54, 1.807) is 0 Å². The maximum absolute atomic E-state index is 13.2. The van der Waals surface area contributed by atoms with Crippen molar-refractivity contribution in [3.8, 4) is 0 Å². The third-order valence-electron chi connectivity index (χ3n) is 5.44. The van der Waals surface area contributed by atoms with Crippen LogP contribution >= 0.6 is 22.6 Å². The van der Waals surface area contributed by atoms with E-state index in [4.69, 9.17) is 4.74 Å². The molecule has 1 aliphatic rings. The summed E-state index contributed by atoms with van der Waals surface area (Å²) in [5.41, 5.74) is 4.75. The fraction of sp³-hybridized carbons (Fsp3) is 0.200. The van der Waals surface area contributed by atoms with Gasteiger partial charge in [0, 0.05) is 15.7 Å². The van der Waals surface area contributed by atoms with Gasteiger partial charge in [0.15, 0.2) is 0 Å². The van der Waals surface area contributed by atoms with Gasteiger partial charge in [-0.2, -0.15) is 0 Å². The molecule has 0 aliphatic carbocycles. The Bertz CT molecular complexity index is 1100. The van der Waals surface area contributed by atoms with Gasteiger partial charge in [0.2, 0.25) is 5.91 Å². The van der Waals surface area contributed by atoms with E-state index in [1.165, 1.54) is 4.90 Å². The topological polar surface area (TPSA) is 58.6 Å². The number of anilines is 1. The number of nitrogens with one attached hydrogen (secondary N) is 1. The average molecular weight is 526 g/mol. The summed E-state index contributed by atoms with van der Waals surface area (Å²) in [5, 5.41) is 3.00. The van der Waals surface area contributed by atoms with Crippen molar-refractivity contribution in [1.29, 1.82) is 0 Å². The molecule has 0 bridgehead atoms. The predicted molar refractivity (Wildman–Crippen MR) is 129 cm³/mol. The van der Waals surface area contributed by atoms with E-state index < -0.39 is 12.1 Å². The molecular weight excluding hydrogens is 503 g/mol. The molecule has 6 heteroatoms. The van der Waals surface area contributed by atoms with Crippen LogP contribution in [0.4, 0.5) is 10.5 Å². The van der Waals surface area contributed by atoms with Crippen LogP contribution in [0.5, 0.6) is 0 Å². The second kappa shape index (κ2) is 9.51. The number of benzene rings is 3. The van der Waals surface area contributed by atoms with Crippen LogP contribution in [0.2, 0.25) is 0 Å². The molecule has 31 heavy (non-hydrogen) atoms. The number of amides is 2. The standard InChI is InChI=1S/C25H23IN2O3/c1-17-13-21(26)11-12-22(17)27-24(29)23-14-19-9-5-6-10-20(19)15-28(23)25(30)31-16-18-7-3-2-4-8-18/h2-13,23H,14-16H2,1H3,(H,27,29)/t23-/m1/s1. The summed E-state index contributed by atoms with van der Waals surface area (Å²) < 4.78 is 6.66. The zero-order valence-corrected chi connectivity index (χ0v) is 19.3. The van der Waals surface area contributed by atoms with E-state index in [9.17, 15) is 9.59 Å². The van der Waals surface area contributed by atoms with Crippen molar-refractivity contribution in [3.05, 3.63) is 98.6 Å². The third-order valence-corrected chi connectivity index (χ3v) is 6.11. The van der Waals surface area contributed by atoms with E-state index in [0.717, 1.165) is 31.5 Å². The van der Waals surface area contributed by atoms with E-state index in [-0.39, 0.29) is 12.5 Å². The molecule has 5 nitrogen and oxygen atoms in total. The van der Waals surface area contributed by atoms with Gasteiger partial charge in [0.1, 0.15) is 12.6 Å². The minimum absolute atomic E-state index is 0.169. The fourth-order valence-electron chi connectivity index (χ4n) is 3.73. The van der Waals surface area contributed by atoms with E-state index >= 15 is 0 Å². The quantitative estimate of drug-likeness (QED) is 0.470. The van der Waals surface area contributed by atoms with Gasteiger partial charge in [-0.05, 0) is 70.0 Å². The van der Waals surface area contributed by atoms with Gasteiger partial charge in [-0.3, -0.25) is 9.69 Å². The number of hydrogen-bond donors (Lipinski definition) is 1. The minimum Gasteiger partial charge on any atom is -0.445 e. The molecule has 1 heterocycles. The lowest BCUT2D eigenvalue weighted by atomic mass is 9.93. The number of carbonyl (C=O) groups is 2. The Balaban J connectivity index is 1.54. The van der Waals surface area contributed by atoms with Crippen LogP contribution in [0.3, 0.4) is 0 Å². The normalized spacial score (nSPS) is 15.2. The first-order valence-electron chi connectivity index (χ1n) is 10.1. The molecule has 0 radical (unpaired) electrons. The van der Waals surface area contributed by atoms with E-state index in [2.05, 4.69) is 27.9 Å². The number of aryl methyl sites for hydroxylation is 1. The molecule has 158 valence electrons. The van der Waals surface area contributed by atoms with Gasteiger partial charge in [-0.25, -0.2) is 4.79 Å². The van der Waals surface area contributed by atoms with Crippen molar-refractivity contribution in [2.75, 3.05) is 5.32 Å². The minimum atomic E-state index is -0.642. The molecule has 0 saturated heterocycles. The maximum Gasteiger partial charge on any atom is 0.411 e. The van der Waals surface area contributed by atoms with Crippen LogP contribution in [0.1, 0.15) is 22.3 Å². The molecule has 4 rings (SSSR count). The van der Waals surface area contributed by atoms with Gasteiger partial charge in [0.05, 0.1) is 6.54 Å². The van der Waals surface area contributed by atoms with E-state index in [1.807, 2.05) is 79.7 Å². The molecule has 2 amide bonds. The molecular formula is C25H23IN2O3. The number of carbonyl (C=O) groups excluding carboxylic acids is 2. The lowest BCUT2D eigenvalue weighted by Crippen LogP contribution is -2.50. The number of hydrogen-bond acceptors (Lipinski definition) is 3. The molecule has 0 unspecified atom stereocenters. The Hall–Kier alpha value is -2.87. The van der Waals surface area contributed by atoms with Crippen molar-refractivity contribution < 1.29 is 14.3 Å². The van der Waals surface area contributed by atoms with Crippen molar-refractivity contribution in [2.45, 2.75) is 32.5 Å². The first kappa shape index (κ1) is 21.4. The fourth-order valence-corrected chi connectivity index (χ4v) is 4.38. The smallest absolute Gasteiger partial charge is 0.411 e. The van der Waals surface area contributed by atoms with Crippen molar-refractivity contribution in [1.82, 2.24) is 4.90 Å². The largest absolute Gasteiger partial charge is 0.445 e. The molecule has 0 spiro atoms. The monoisotopic (exact) mass is 526 g/mol. The highest BCUT2D eigenvalue weighted by molar-refractivity contribution is 14.1. The number of nitrogens with zero attached hydrogens (tertiary/aromatic N) is 1. The molecule has 1 atom stereocenters. The summed E-state index contributed by atoms with van der Waals surface area (Å²) in [5.74, 6) is -0.213. The highest BCUT2D eigenvalue weighted by atomic mass is 127. The Kier molecular flexibility index (Phi) is 6.56. The summed E-state index contributed by atoms with van der Waals surface area (Å²) in [7, 11) is 0. The first-order valence-corrected chi connectivity index (χ1v) is 11.2. The summed E-state index contributed by atoms with van der Waals surface area (Å²) >= 11 is 2.24. The molecule has 0 saturated carbocycles. The number of rotatable bonds is 4. The Morgan fingerprint density at radius 1 is 1.03 bits per heavy atom. The highest BCUT2D eigenvalue weighted by Crippen LogP contribution is 2.26. The molecule has 1 N–H and O–H groups in total. The second-order valence-corrected chi connectivity index (χ2v) is 8.85. The lowest BCUT2D eigenvalue weighted by Gasteiger charge is -2.35. The number of ether oxygens (including phenoxy) is 1. The SMILES string of the molecule is Cc1cc(I)ccc1NC(=O)[C@H]1Cc2ccccc2CN1C(=O)OCc1ccccc1. The predicted octanol–water partition coefficient (Wildman–Crippen LogP) is 5.30.